The molecule has 1 aromatic carbocycles. The number of benzene rings is 1. The molecule has 0 saturated heterocycles. The molecule has 0 saturated carbocycles. The molecule has 5 nitrogen and oxygen atoms in total. The minimum absolute atomic E-state index is 0.0881. The molecule has 1 heterocycles. The zero-order chi connectivity index (χ0) is 17.7. The van der Waals surface area contributed by atoms with Gasteiger partial charge in [-0.2, -0.15) is 0 Å². The second-order valence-corrected chi connectivity index (χ2v) is 7.64. The van der Waals surface area contributed by atoms with Gasteiger partial charge in [0.25, 0.3) is 0 Å². The Hall–Kier alpha value is -2.21. The summed E-state index contributed by atoms with van der Waals surface area (Å²) in [4.78, 5) is 27.0. The van der Waals surface area contributed by atoms with E-state index < -0.39 is 5.91 Å². The molecule has 128 valence electrons. The SMILES string of the molecule is CC(C)(C)c1ccc(CCC(=O)Nc2nc(CC(N)=O)cs2)cc1. The predicted molar refractivity (Wildman–Crippen MR) is 97.1 cm³/mol. The molecule has 2 amide bonds. The summed E-state index contributed by atoms with van der Waals surface area (Å²) in [5.74, 6) is -0.522. The first-order chi connectivity index (χ1) is 11.2. The number of thiazole rings is 1. The molecule has 2 rings (SSSR count). The first-order valence-corrected chi connectivity index (χ1v) is 8.74. The Morgan fingerprint density at radius 3 is 2.46 bits per heavy atom. The van der Waals surface area contributed by atoms with Crippen LogP contribution in [0.3, 0.4) is 0 Å². The number of aromatic nitrogens is 1. The molecular weight excluding hydrogens is 322 g/mol. The van der Waals surface area contributed by atoms with Gasteiger partial charge in [-0.15, -0.1) is 11.3 Å². The van der Waals surface area contributed by atoms with Gasteiger partial charge in [-0.05, 0) is 23.0 Å². The summed E-state index contributed by atoms with van der Waals surface area (Å²) in [5.41, 5.74) is 8.24. The molecular formula is C18H23N3O2S. The normalized spacial score (nSPS) is 11.3. The number of nitrogens with zero attached hydrogens (tertiary/aromatic N) is 1. The van der Waals surface area contributed by atoms with Crippen LogP contribution in [0.5, 0.6) is 0 Å². The Balaban J connectivity index is 1.84. The number of nitrogens with one attached hydrogen (secondary N) is 1. The van der Waals surface area contributed by atoms with E-state index in [1.807, 2.05) is 0 Å². The smallest absolute Gasteiger partial charge is 0.226 e. The quantitative estimate of drug-likeness (QED) is 0.844. The van der Waals surface area contributed by atoms with Crippen LogP contribution in [0.15, 0.2) is 29.6 Å². The van der Waals surface area contributed by atoms with Crippen LogP contribution in [0.2, 0.25) is 0 Å². The van der Waals surface area contributed by atoms with Gasteiger partial charge in [-0.25, -0.2) is 4.98 Å². The highest BCUT2D eigenvalue weighted by Crippen LogP contribution is 2.22. The van der Waals surface area contributed by atoms with Crippen LogP contribution in [0.4, 0.5) is 5.13 Å². The van der Waals surface area contributed by atoms with Crippen molar-refractivity contribution >= 4 is 28.3 Å². The van der Waals surface area contributed by atoms with Gasteiger partial charge in [-0.3, -0.25) is 9.59 Å². The molecule has 24 heavy (non-hydrogen) atoms. The van der Waals surface area contributed by atoms with Gasteiger partial charge < -0.3 is 11.1 Å². The highest BCUT2D eigenvalue weighted by molar-refractivity contribution is 7.13. The highest BCUT2D eigenvalue weighted by Gasteiger charge is 2.13. The van der Waals surface area contributed by atoms with Crippen LogP contribution in [-0.2, 0) is 27.8 Å². The van der Waals surface area contributed by atoms with Crippen LogP contribution in [0.25, 0.3) is 0 Å². The van der Waals surface area contributed by atoms with Gasteiger partial charge in [0.05, 0.1) is 12.1 Å². The van der Waals surface area contributed by atoms with Gasteiger partial charge in [0.15, 0.2) is 5.13 Å². The van der Waals surface area contributed by atoms with E-state index in [1.165, 1.54) is 16.9 Å². The van der Waals surface area contributed by atoms with Crippen LogP contribution in [0, 0.1) is 0 Å². The fourth-order valence-electron chi connectivity index (χ4n) is 2.24. The van der Waals surface area contributed by atoms with E-state index in [2.05, 4.69) is 55.3 Å². The van der Waals surface area contributed by atoms with Crippen molar-refractivity contribution in [1.29, 1.82) is 0 Å². The number of hydrogen-bond donors (Lipinski definition) is 2. The van der Waals surface area contributed by atoms with Crippen molar-refractivity contribution in [3.63, 3.8) is 0 Å². The first kappa shape index (κ1) is 18.1. The standard InChI is InChI=1S/C18H23N3O2S/c1-18(2,3)13-7-4-12(5-8-13)6-9-16(23)21-17-20-14(11-24-17)10-15(19)22/h4-5,7-8,11H,6,9-10H2,1-3H3,(H2,19,22)(H,20,21,23). The lowest BCUT2D eigenvalue weighted by Gasteiger charge is -2.19. The van der Waals surface area contributed by atoms with Crippen molar-refractivity contribution in [2.24, 2.45) is 5.73 Å². The Labute approximate surface area is 146 Å². The van der Waals surface area contributed by atoms with E-state index in [-0.39, 0.29) is 17.7 Å². The van der Waals surface area contributed by atoms with Crippen molar-refractivity contribution < 1.29 is 9.59 Å². The summed E-state index contributed by atoms with van der Waals surface area (Å²) in [6.07, 6.45) is 1.15. The van der Waals surface area contributed by atoms with Crippen LogP contribution < -0.4 is 11.1 Å². The Bertz CT molecular complexity index is 715. The highest BCUT2D eigenvalue weighted by atomic mass is 32.1. The largest absolute Gasteiger partial charge is 0.369 e. The molecule has 0 aliphatic heterocycles. The molecule has 0 atom stereocenters. The lowest BCUT2D eigenvalue weighted by atomic mass is 9.86. The molecule has 1 aromatic heterocycles. The molecule has 0 spiro atoms. The molecule has 3 N–H and O–H groups in total. The summed E-state index contributed by atoms with van der Waals surface area (Å²) < 4.78 is 0. The first-order valence-electron chi connectivity index (χ1n) is 7.86. The lowest BCUT2D eigenvalue weighted by molar-refractivity contribution is -0.117. The van der Waals surface area contributed by atoms with Crippen LogP contribution >= 0.6 is 11.3 Å². The molecule has 0 fully saturated rings. The van der Waals surface area contributed by atoms with E-state index in [1.54, 1.807) is 5.38 Å². The van der Waals surface area contributed by atoms with Crippen molar-refractivity contribution in [1.82, 2.24) is 4.98 Å². The molecule has 0 aliphatic carbocycles. The summed E-state index contributed by atoms with van der Waals surface area (Å²) in [6.45, 7) is 6.53. The average molecular weight is 345 g/mol. The molecule has 0 aliphatic rings. The third-order valence-electron chi connectivity index (χ3n) is 3.61. The number of aryl methyl sites for hydroxylation is 1. The maximum atomic E-state index is 12.0. The summed E-state index contributed by atoms with van der Waals surface area (Å²) in [7, 11) is 0. The van der Waals surface area contributed by atoms with Crippen molar-refractivity contribution in [2.75, 3.05) is 5.32 Å². The maximum Gasteiger partial charge on any atom is 0.226 e. The van der Waals surface area contributed by atoms with Gasteiger partial charge >= 0.3 is 0 Å². The molecule has 0 bridgehead atoms. The summed E-state index contributed by atoms with van der Waals surface area (Å²) in [6, 6.07) is 8.37. The lowest BCUT2D eigenvalue weighted by Crippen LogP contribution is -2.15. The van der Waals surface area contributed by atoms with Crippen molar-refractivity contribution in [3.8, 4) is 0 Å². The third kappa shape index (κ3) is 5.45. The van der Waals surface area contributed by atoms with Crippen LogP contribution in [-0.4, -0.2) is 16.8 Å². The Morgan fingerprint density at radius 2 is 1.88 bits per heavy atom. The van der Waals surface area contributed by atoms with Gasteiger partial charge in [0.1, 0.15) is 0 Å². The molecule has 0 unspecified atom stereocenters. The molecule has 2 aromatic rings. The van der Waals surface area contributed by atoms with Gasteiger partial charge in [0, 0.05) is 11.8 Å². The number of primary amides is 1. The second kappa shape index (κ2) is 7.57. The topological polar surface area (TPSA) is 85.1 Å². The minimum Gasteiger partial charge on any atom is -0.369 e. The Morgan fingerprint density at radius 1 is 1.21 bits per heavy atom. The molecule has 6 heteroatoms. The van der Waals surface area contributed by atoms with Crippen LogP contribution in [0.1, 0.15) is 44.0 Å². The van der Waals surface area contributed by atoms with Crippen molar-refractivity contribution in [3.05, 3.63) is 46.5 Å². The number of nitrogens with two attached hydrogens (primary N) is 1. The fraction of sp³-hybridized carbons (Fsp3) is 0.389. The zero-order valence-electron chi connectivity index (χ0n) is 14.3. The number of anilines is 1. The monoisotopic (exact) mass is 345 g/mol. The van der Waals surface area contributed by atoms with E-state index >= 15 is 0 Å². The Kier molecular flexibility index (Phi) is 5.72. The predicted octanol–water partition coefficient (Wildman–Crippen LogP) is 3.04. The summed E-state index contributed by atoms with van der Waals surface area (Å²) in [5, 5.41) is 4.98. The maximum absolute atomic E-state index is 12.0. The van der Waals surface area contributed by atoms with E-state index in [0.29, 0.717) is 23.7 Å². The zero-order valence-corrected chi connectivity index (χ0v) is 15.1. The fourth-order valence-corrected chi connectivity index (χ4v) is 2.96. The average Bonchev–Trinajstić information content (AvgIpc) is 2.91. The second-order valence-electron chi connectivity index (χ2n) is 6.78. The van der Waals surface area contributed by atoms with E-state index in [4.69, 9.17) is 5.73 Å². The van der Waals surface area contributed by atoms with Gasteiger partial charge in [-0.1, -0.05) is 45.0 Å². The number of hydrogen-bond acceptors (Lipinski definition) is 4. The number of amides is 2. The third-order valence-corrected chi connectivity index (χ3v) is 4.42. The number of rotatable bonds is 6. The molecule has 0 radical (unpaired) electrons. The number of carbonyl (C=O) groups is 2. The van der Waals surface area contributed by atoms with Crippen molar-refractivity contribution in [2.45, 2.75) is 45.4 Å². The number of carbonyl (C=O) groups excluding carboxylic acids is 2. The van der Waals surface area contributed by atoms with Gasteiger partial charge in [0.2, 0.25) is 11.8 Å². The van der Waals surface area contributed by atoms with E-state index in [9.17, 15) is 9.59 Å². The van der Waals surface area contributed by atoms with E-state index in [0.717, 1.165) is 5.56 Å². The minimum atomic E-state index is -0.433. The summed E-state index contributed by atoms with van der Waals surface area (Å²) >= 11 is 1.30.